The molecule has 1 atom stereocenters. The molecular formula is C19H16N2O4. The van der Waals surface area contributed by atoms with E-state index in [0.29, 0.717) is 16.6 Å². The third-order valence-corrected chi connectivity index (χ3v) is 3.66. The summed E-state index contributed by atoms with van der Waals surface area (Å²) in [4.78, 5) is 39.0. The highest BCUT2D eigenvalue weighted by Crippen LogP contribution is 2.16. The van der Waals surface area contributed by atoms with Gasteiger partial charge in [0, 0.05) is 22.7 Å². The average Bonchev–Trinajstić information content (AvgIpc) is 2.61. The van der Waals surface area contributed by atoms with Crippen LogP contribution in [0.15, 0.2) is 65.5 Å². The zero-order chi connectivity index (χ0) is 17.8. The molecule has 0 spiro atoms. The van der Waals surface area contributed by atoms with Crippen molar-refractivity contribution in [3.8, 4) is 0 Å². The predicted octanol–water partition coefficient (Wildman–Crippen LogP) is 2.71. The second-order valence-corrected chi connectivity index (χ2v) is 5.50. The lowest BCUT2D eigenvalue weighted by atomic mass is 10.1. The first-order valence-corrected chi connectivity index (χ1v) is 7.73. The number of pyridine rings is 1. The fraction of sp³-hybridized carbons (Fsp3) is 0.105. The van der Waals surface area contributed by atoms with E-state index in [0.717, 1.165) is 0 Å². The van der Waals surface area contributed by atoms with Gasteiger partial charge < -0.3 is 15.0 Å². The number of ether oxygens (including phenoxy) is 1. The molecule has 0 fully saturated rings. The lowest BCUT2D eigenvalue weighted by Gasteiger charge is -2.14. The second-order valence-electron chi connectivity index (χ2n) is 5.50. The number of fused-ring (bicyclic) bond motifs is 1. The number of hydrogen-bond donors (Lipinski definition) is 2. The van der Waals surface area contributed by atoms with Gasteiger partial charge in [-0.25, -0.2) is 4.79 Å². The first-order chi connectivity index (χ1) is 12.0. The normalized spacial score (nSPS) is 11.7. The first-order valence-electron chi connectivity index (χ1n) is 7.73. The standard InChI is InChI=1S/C19H16N2O4/c1-12(18(23)20-13-7-3-2-4-8-13)25-19(24)15-11-17(22)21-16-10-6-5-9-14(15)16/h2-12H,1H3,(H,20,23)(H,21,22)/t12-/m1/s1. The molecule has 0 bridgehead atoms. The van der Waals surface area contributed by atoms with Crippen LogP contribution in [0.25, 0.3) is 10.9 Å². The third kappa shape index (κ3) is 3.74. The van der Waals surface area contributed by atoms with Crippen LogP contribution in [-0.2, 0) is 9.53 Å². The number of rotatable bonds is 4. The largest absolute Gasteiger partial charge is 0.449 e. The summed E-state index contributed by atoms with van der Waals surface area (Å²) in [7, 11) is 0. The Hall–Kier alpha value is -3.41. The third-order valence-electron chi connectivity index (χ3n) is 3.66. The number of carbonyl (C=O) groups is 2. The number of nitrogens with one attached hydrogen (secondary N) is 2. The van der Waals surface area contributed by atoms with Crippen LogP contribution in [-0.4, -0.2) is 23.0 Å². The number of H-pyrrole nitrogens is 1. The van der Waals surface area contributed by atoms with Gasteiger partial charge in [-0.2, -0.15) is 0 Å². The molecule has 126 valence electrons. The molecule has 0 aliphatic carbocycles. The summed E-state index contributed by atoms with van der Waals surface area (Å²) in [6.07, 6.45) is -1.01. The van der Waals surface area contributed by atoms with E-state index in [4.69, 9.17) is 4.74 Å². The van der Waals surface area contributed by atoms with Gasteiger partial charge in [-0.3, -0.25) is 9.59 Å². The Morgan fingerprint density at radius 3 is 2.48 bits per heavy atom. The molecule has 2 N–H and O–H groups in total. The Kier molecular flexibility index (Phi) is 4.61. The van der Waals surface area contributed by atoms with Crippen molar-refractivity contribution < 1.29 is 14.3 Å². The highest BCUT2D eigenvalue weighted by Gasteiger charge is 2.21. The van der Waals surface area contributed by atoms with Crippen LogP contribution in [0, 0.1) is 0 Å². The van der Waals surface area contributed by atoms with Crippen molar-refractivity contribution in [2.24, 2.45) is 0 Å². The number of carbonyl (C=O) groups excluding carboxylic acids is 2. The Balaban J connectivity index is 1.78. The van der Waals surface area contributed by atoms with Crippen molar-refractivity contribution >= 4 is 28.5 Å². The van der Waals surface area contributed by atoms with Crippen molar-refractivity contribution in [3.63, 3.8) is 0 Å². The topological polar surface area (TPSA) is 88.3 Å². The Morgan fingerprint density at radius 2 is 1.72 bits per heavy atom. The van der Waals surface area contributed by atoms with Crippen molar-refractivity contribution in [2.75, 3.05) is 5.32 Å². The summed E-state index contributed by atoms with van der Waals surface area (Å²) >= 11 is 0. The molecule has 0 radical (unpaired) electrons. The van der Waals surface area contributed by atoms with Crippen LogP contribution in [0.4, 0.5) is 5.69 Å². The van der Waals surface area contributed by atoms with Gasteiger partial charge >= 0.3 is 5.97 Å². The maximum absolute atomic E-state index is 12.4. The minimum atomic E-state index is -1.01. The van der Waals surface area contributed by atoms with Crippen LogP contribution >= 0.6 is 0 Å². The molecule has 0 aliphatic heterocycles. The van der Waals surface area contributed by atoms with E-state index in [9.17, 15) is 14.4 Å². The first kappa shape index (κ1) is 16.4. The molecule has 0 unspecified atom stereocenters. The fourth-order valence-electron chi connectivity index (χ4n) is 2.42. The molecule has 1 heterocycles. The molecule has 6 heteroatoms. The van der Waals surface area contributed by atoms with Crippen molar-refractivity contribution in [3.05, 3.63) is 76.6 Å². The van der Waals surface area contributed by atoms with Gasteiger partial charge in [-0.15, -0.1) is 0 Å². The second kappa shape index (κ2) is 7.00. The molecule has 3 aromatic rings. The number of para-hydroxylation sites is 2. The van der Waals surface area contributed by atoms with Gasteiger partial charge in [0.05, 0.1) is 5.56 Å². The molecule has 0 saturated carbocycles. The van der Waals surface area contributed by atoms with E-state index in [1.54, 1.807) is 48.5 Å². The van der Waals surface area contributed by atoms with Gasteiger partial charge in [0.2, 0.25) is 5.56 Å². The highest BCUT2D eigenvalue weighted by atomic mass is 16.5. The van der Waals surface area contributed by atoms with E-state index in [1.165, 1.54) is 13.0 Å². The summed E-state index contributed by atoms with van der Waals surface area (Å²) in [5.74, 6) is -1.17. The quantitative estimate of drug-likeness (QED) is 0.717. The zero-order valence-corrected chi connectivity index (χ0v) is 13.5. The van der Waals surface area contributed by atoms with Crippen molar-refractivity contribution in [1.82, 2.24) is 4.98 Å². The summed E-state index contributed by atoms with van der Waals surface area (Å²) in [5.41, 5.74) is 0.853. The van der Waals surface area contributed by atoms with Crippen LogP contribution in [0.5, 0.6) is 0 Å². The predicted molar refractivity (Wildman–Crippen MR) is 94.5 cm³/mol. The van der Waals surface area contributed by atoms with E-state index >= 15 is 0 Å². The molecule has 25 heavy (non-hydrogen) atoms. The van der Waals surface area contributed by atoms with Crippen LogP contribution in [0.2, 0.25) is 0 Å². The van der Waals surface area contributed by atoms with Crippen LogP contribution in [0.3, 0.4) is 0 Å². The fourth-order valence-corrected chi connectivity index (χ4v) is 2.42. The number of esters is 1. The van der Waals surface area contributed by atoms with Gasteiger partial charge in [0.25, 0.3) is 5.91 Å². The van der Waals surface area contributed by atoms with E-state index in [1.807, 2.05) is 6.07 Å². The highest BCUT2D eigenvalue weighted by molar-refractivity contribution is 6.04. The molecule has 1 amide bonds. The number of hydrogen-bond acceptors (Lipinski definition) is 4. The zero-order valence-electron chi connectivity index (χ0n) is 13.5. The molecule has 3 rings (SSSR count). The summed E-state index contributed by atoms with van der Waals surface area (Å²) in [5, 5.41) is 3.22. The number of aromatic nitrogens is 1. The maximum Gasteiger partial charge on any atom is 0.339 e. The lowest BCUT2D eigenvalue weighted by molar-refractivity contribution is -0.123. The van der Waals surface area contributed by atoms with Crippen LogP contribution < -0.4 is 10.9 Å². The van der Waals surface area contributed by atoms with Gasteiger partial charge in [0.1, 0.15) is 0 Å². The monoisotopic (exact) mass is 336 g/mol. The number of aromatic amines is 1. The lowest BCUT2D eigenvalue weighted by Crippen LogP contribution is -2.30. The number of amides is 1. The van der Waals surface area contributed by atoms with Crippen molar-refractivity contribution in [2.45, 2.75) is 13.0 Å². The van der Waals surface area contributed by atoms with Gasteiger partial charge in [-0.05, 0) is 25.1 Å². The molecule has 1 aromatic heterocycles. The summed E-state index contributed by atoms with van der Waals surface area (Å²) < 4.78 is 5.23. The minimum absolute atomic E-state index is 0.124. The van der Waals surface area contributed by atoms with E-state index < -0.39 is 23.5 Å². The molecule has 2 aromatic carbocycles. The van der Waals surface area contributed by atoms with E-state index in [2.05, 4.69) is 10.3 Å². The SMILES string of the molecule is C[C@@H](OC(=O)c1cc(=O)[nH]c2ccccc12)C(=O)Nc1ccccc1. The molecule has 0 aliphatic rings. The number of benzene rings is 2. The molecular weight excluding hydrogens is 320 g/mol. The molecule has 0 saturated heterocycles. The average molecular weight is 336 g/mol. The summed E-state index contributed by atoms with van der Waals surface area (Å²) in [6.45, 7) is 1.48. The van der Waals surface area contributed by atoms with Crippen LogP contribution in [0.1, 0.15) is 17.3 Å². The van der Waals surface area contributed by atoms with E-state index in [-0.39, 0.29) is 5.56 Å². The smallest absolute Gasteiger partial charge is 0.339 e. The van der Waals surface area contributed by atoms with Gasteiger partial charge in [-0.1, -0.05) is 36.4 Å². The Labute approximate surface area is 143 Å². The number of anilines is 1. The minimum Gasteiger partial charge on any atom is -0.449 e. The van der Waals surface area contributed by atoms with Crippen molar-refractivity contribution in [1.29, 1.82) is 0 Å². The maximum atomic E-state index is 12.4. The van der Waals surface area contributed by atoms with Gasteiger partial charge in [0.15, 0.2) is 6.10 Å². The Morgan fingerprint density at radius 1 is 1.04 bits per heavy atom. The summed E-state index contributed by atoms with van der Waals surface area (Å²) in [6, 6.07) is 16.9. The Bertz CT molecular complexity index is 979. The molecule has 6 nitrogen and oxygen atoms in total.